The van der Waals surface area contributed by atoms with Gasteiger partial charge in [0.1, 0.15) is 0 Å². The van der Waals surface area contributed by atoms with Crippen molar-refractivity contribution < 1.29 is 4.74 Å². The van der Waals surface area contributed by atoms with E-state index in [9.17, 15) is 0 Å². The first-order valence-electron chi connectivity index (χ1n) is 2.42. The van der Waals surface area contributed by atoms with Crippen LogP contribution in [0.1, 0.15) is 6.92 Å². The van der Waals surface area contributed by atoms with E-state index in [4.69, 9.17) is 0 Å². The molecule has 0 saturated carbocycles. The van der Waals surface area contributed by atoms with Crippen LogP contribution < -0.4 is 5.43 Å². The van der Waals surface area contributed by atoms with Crippen LogP contribution in [0.4, 0.5) is 0 Å². The molecule has 46 valence electrons. The van der Waals surface area contributed by atoms with E-state index in [1.54, 1.807) is 0 Å². The minimum Gasteiger partial charge on any atom is -0.452 e. The number of hydrazone groups is 1. The number of nitrogens with zero attached hydrogens (tertiary/aromatic N) is 1. The average molecular weight is 114 g/mol. The van der Waals surface area contributed by atoms with Crippen LogP contribution in [0.5, 0.6) is 0 Å². The Morgan fingerprint density at radius 3 is 3.12 bits per heavy atom. The molecule has 0 aliphatic rings. The first kappa shape index (κ1) is 7.01. The zero-order valence-corrected chi connectivity index (χ0v) is 4.92. The second-order valence-electron chi connectivity index (χ2n) is 1.05. The molecular formula is C5H10N2O. The van der Waals surface area contributed by atoms with Crippen molar-refractivity contribution in [3.8, 4) is 0 Å². The molecule has 0 aliphatic carbocycles. The molecule has 0 aromatic heterocycles. The molecule has 0 aromatic carbocycles. The summed E-state index contributed by atoms with van der Waals surface area (Å²) in [5.74, 6) is 0. The van der Waals surface area contributed by atoms with Gasteiger partial charge in [0.2, 0.25) is 0 Å². The molecule has 0 bridgehead atoms. The monoisotopic (exact) mass is 114 g/mol. The van der Waals surface area contributed by atoms with Gasteiger partial charge in [-0.15, -0.1) is 5.10 Å². The molecule has 0 atom stereocenters. The van der Waals surface area contributed by atoms with Gasteiger partial charge in [-0.1, -0.05) is 6.58 Å². The van der Waals surface area contributed by atoms with Gasteiger partial charge < -0.3 is 10.2 Å². The Bertz CT molecular complexity index is 80.5. The van der Waals surface area contributed by atoms with Gasteiger partial charge in [-0.3, -0.25) is 0 Å². The van der Waals surface area contributed by atoms with Crippen molar-refractivity contribution in [2.24, 2.45) is 5.10 Å². The Morgan fingerprint density at radius 1 is 1.88 bits per heavy atom. The van der Waals surface area contributed by atoms with E-state index in [1.807, 2.05) is 6.92 Å². The Balaban J connectivity index is 2.94. The first-order valence-corrected chi connectivity index (χ1v) is 2.42. The lowest BCUT2D eigenvalue weighted by molar-refractivity contribution is 0.488. The zero-order chi connectivity index (χ0) is 6.24. The number of nitrogens with one attached hydrogen (secondary N) is 1. The quantitative estimate of drug-likeness (QED) is 0.252. The van der Waals surface area contributed by atoms with Crippen LogP contribution in [-0.4, -0.2) is 12.9 Å². The third-order valence-electron chi connectivity index (χ3n) is 0.459. The third kappa shape index (κ3) is 5.01. The van der Waals surface area contributed by atoms with E-state index in [2.05, 4.69) is 21.8 Å². The highest BCUT2D eigenvalue weighted by Crippen LogP contribution is 1.63. The SMILES string of the molecule is C=CO/C=N\NCC. The van der Waals surface area contributed by atoms with Crippen molar-refractivity contribution in [1.82, 2.24) is 5.43 Å². The Kier molecular flexibility index (Phi) is 5.27. The topological polar surface area (TPSA) is 33.6 Å². The fraction of sp³-hybridized carbons (Fsp3) is 0.400. The number of rotatable bonds is 4. The van der Waals surface area contributed by atoms with E-state index in [0.29, 0.717) is 0 Å². The summed E-state index contributed by atoms with van der Waals surface area (Å²) in [7, 11) is 0. The second-order valence-corrected chi connectivity index (χ2v) is 1.05. The van der Waals surface area contributed by atoms with Crippen LogP contribution >= 0.6 is 0 Å². The first-order chi connectivity index (χ1) is 3.91. The molecule has 0 spiro atoms. The molecule has 8 heavy (non-hydrogen) atoms. The molecule has 3 heteroatoms. The summed E-state index contributed by atoms with van der Waals surface area (Å²) in [6.45, 7) is 6.07. The molecule has 0 aliphatic heterocycles. The van der Waals surface area contributed by atoms with E-state index in [0.717, 1.165) is 6.54 Å². The van der Waals surface area contributed by atoms with Crippen molar-refractivity contribution in [2.75, 3.05) is 6.54 Å². The molecule has 0 rings (SSSR count). The number of ether oxygens (including phenoxy) is 1. The smallest absolute Gasteiger partial charge is 0.198 e. The van der Waals surface area contributed by atoms with Crippen LogP contribution in [-0.2, 0) is 4.74 Å². The molecule has 0 heterocycles. The van der Waals surface area contributed by atoms with Gasteiger partial charge in [0.05, 0.1) is 6.26 Å². The highest BCUT2D eigenvalue weighted by molar-refractivity contribution is 5.46. The molecular weight excluding hydrogens is 104 g/mol. The highest BCUT2D eigenvalue weighted by Gasteiger charge is 1.64. The summed E-state index contributed by atoms with van der Waals surface area (Å²) >= 11 is 0. The van der Waals surface area contributed by atoms with E-state index in [-0.39, 0.29) is 0 Å². The van der Waals surface area contributed by atoms with Crippen LogP contribution in [0.3, 0.4) is 0 Å². The fourth-order valence-corrected chi connectivity index (χ4v) is 0.202. The number of hydrogen-bond donors (Lipinski definition) is 1. The normalized spacial score (nSPS) is 9.12. The minimum absolute atomic E-state index is 0.803. The van der Waals surface area contributed by atoms with Crippen LogP contribution in [0.25, 0.3) is 0 Å². The summed E-state index contributed by atoms with van der Waals surface area (Å²) in [6.07, 6.45) is 2.59. The summed E-state index contributed by atoms with van der Waals surface area (Å²) in [5.41, 5.74) is 2.68. The van der Waals surface area contributed by atoms with Crippen LogP contribution in [0.2, 0.25) is 0 Å². The maximum absolute atomic E-state index is 4.55. The van der Waals surface area contributed by atoms with Gasteiger partial charge >= 0.3 is 0 Å². The predicted octanol–water partition coefficient (Wildman–Crippen LogP) is 0.699. The molecule has 0 saturated heterocycles. The molecule has 0 aromatic rings. The molecule has 0 amide bonds. The Hall–Kier alpha value is -0.990. The van der Waals surface area contributed by atoms with Crippen LogP contribution in [0.15, 0.2) is 17.9 Å². The van der Waals surface area contributed by atoms with Gasteiger partial charge in [0.25, 0.3) is 0 Å². The minimum atomic E-state index is 0.803. The van der Waals surface area contributed by atoms with Crippen molar-refractivity contribution in [2.45, 2.75) is 6.92 Å². The molecule has 1 N–H and O–H groups in total. The summed E-state index contributed by atoms with van der Waals surface area (Å²) < 4.78 is 4.55. The number of hydrogen-bond acceptors (Lipinski definition) is 3. The van der Waals surface area contributed by atoms with E-state index < -0.39 is 0 Å². The summed E-state index contributed by atoms with van der Waals surface area (Å²) in [6, 6.07) is 0. The predicted molar refractivity (Wildman–Crippen MR) is 33.5 cm³/mol. The maximum Gasteiger partial charge on any atom is 0.198 e. The summed E-state index contributed by atoms with van der Waals surface area (Å²) in [5, 5.41) is 3.61. The highest BCUT2D eigenvalue weighted by atomic mass is 16.5. The molecule has 0 unspecified atom stereocenters. The largest absolute Gasteiger partial charge is 0.452 e. The Morgan fingerprint density at radius 2 is 2.62 bits per heavy atom. The lowest BCUT2D eigenvalue weighted by Gasteiger charge is -1.88. The molecule has 3 nitrogen and oxygen atoms in total. The van der Waals surface area contributed by atoms with Gasteiger partial charge in [-0.2, -0.15) is 0 Å². The van der Waals surface area contributed by atoms with Gasteiger partial charge in [-0.05, 0) is 6.92 Å². The van der Waals surface area contributed by atoms with Gasteiger partial charge in [0.15, 0.2) is 6.40 Å². The van der Waals surface area contributed by atoms with E-state index in [1.165, 1.54) is 12.7 Å². The maximum atomic E-state index is 4.55. The summed E-state index contributed by atoms with van der Waals surface area (Å²) in [4.78, 5) is 0. The standard InChI is InChI=1S/C5H10N2O/c1-3-6-7-5-8-4-2/h4-6H,2-3H2,1H3/b7-5-. The average Bonchev–Trinajstić information content (AvgIpc) is 1.81. The zero-order valence-electron chi connectivity index (χ0n) is 4.92. The lowest BCUT2D eigenvalue weighted by Crippen LogP contribution is -2.02. The van der Waals surface area contributed by atoms with Crippen molar-refractivity contribution in [1.29, 1.82) is 0 Å². The Labute approximate surface area is 49.0 Å². The van der Waals surface area contributed by atoms with Crippen molar-refractivity contribution in [3.63, 3.8) is 0 Å². The van der Waals surface area contributed by atoms with Crippen LogP contribution in [0, 0.1) is 0 Å². The van der Waals surface area contributed by atoms with Gasteiger partial charge in [-0.25, -0.2) is 0 Å². The lowest BCUT2D eigenvalue weighted by atomic mass is 10.8. The van der Waals surface area contributed by atoms with Gasteiger partial charge in [0, 0.05) is 6.54 Å². The van der Waals surface area contributed by atoms with Crippen molar-refractivity contribution in [3.05, 3.63) is 12.8 Å². The van der Waals surface area contributed by atoms with Crippen molar-refractivity contribution >= 4 is 6.40 Å². The fourth-order valence-electron chi connectivity index (χ4n) is 0.202. The second kappa shape index (κ2) is 6.01. The molecule has 0 fully saturated rings. The van der Waals surface area contributed by atoms with E-state index >= 15 is 0 Å². The third-order valence-corrected chi connectivity index (χ3v) is 0.459. The molecule has 0 radical (unpaired) electrons.